The molecule has 0 saturated carbocycles. The van der Waals surface area contributed by atoms with E-state index in [0.29, 0.717) is 37.6 Å². The molecule has 0 aromatic heterocycles. The van der Waals surface area contributed by atoms with Gasteiger partial charge in [-0.2, -0.15) is 0 Å². The van der Waals surface area contributed by atoms with Gasteiger partial charge in [0.15, 0.2) is 0 Å². The average Bonchev–Trinajstić information content (AvgIpc) is 2.74. The van der Waals surface area contributed by atoms with Gasteiger partial charge in [0.2, 0.25) is 0 Å². The van der Waals surface area contributed by atoms with Crippen LogP contribution >= 0.6 is 0 Å². The van der Waals surface area contributed by atoms with Crippen LogP contribution in [-0.2, 0) is 0 Å². The summed E-state index contributed by atoms with van der Waals surface area (Å²) >= 11 is 0. The second kappa shape index (κ2) is 8.57. The molecule has 152 valence electrons. The number of piperazine rings is 1. The molecule has 2 aromatic carbocycles. The van der Waals surface area contributed by atoms with Crippen molar-refractivity contribution in [3.05, 3.63) is 63.7 Å². The van der Waals surface area contributed by atoms with Gasteiger partial charge in [-0.3, -0.25) is 20.1 Å². The van der Waals surface area contributed by atoms with Gasteiger partial charge in [0.05, 0.1) is 4.92 Å². The molecule has 3 amide bonds. The minimum atomic E-state index is -0.822. The highest BCUT2D eigenvalue weighted by atomic mass is 16.6. The SMILES string of the molecule is Cc1ccc(NC(=O)N2CCN(c3ccc(C(=O)NO)cc3[N+](=O)[O-])CC2)cc1. The zero-order chi connectivity index (χ0) is 21.0. The molecule has 1 aliphatic heterocycles. The van der Waals surface area contributed by atoms with Crippen molar-refractivity contribution in [2.45, 2.75) is 6.92 Å². The van der Waals surface area contributed by atoms with E-state index < -0.39 is 10.8 Å². The van der Waals surface area contributed by atoms with E-state index >= 15 is 0 Å². The fourth-order valence-corrected chi connectivity index (χ4v) is 3.13. The zero-order valence-corrected chi connectivity index (χ0v) is 15.8. The maximum atomic E-state index is 12.4. The highest BCUT2D eigenvalue weighted by molar-refractivity contribution is 5.95. The Hall–Kier alpha value is -3.66. The molecule has 0 unspecified atom stereocenters. The molecule has 2 aromatic rings. The number of carbonyl (C=O) groups excluding carboxylic acids is 2. The van der Waals surface area contributed by atoms with E-state index in [9.17, 15) is 19.7 Å². The highest BCUT2D eigenvalue weighted by Crippen LogP contribution is 2.30. The first-order chi connectivity index (χ1) is 13.9. The topological polar surface area (TPSA) is 128 Å². The predicted molar refractivity (Wildman–Crippen MR) is 106 cm³/mol. The first kappa shape index (κ1) is 20.1. The molecule has 0 radical (unpaired) electrons. The lowest BCUT2D eigenvalue weighted by molar-refractivity contribution is -0.384. The van der Waals surface area contributed by atoms with E-state index in [0.717, 1.165) is 11.6 Å². The smallest absolute Gasteiger partial charge is 0.321 e. The number of anilines is 2. The summed E-state index contributed by atoms with van der Waals surface area (Å²) in [6.45, 7) is 3.58. The maximum Gasteiger partial charge on any atom is 0.321 e. The Labute approximate surface area is 166 Å². The summed E-state index contributed by atoms with van der Waals surface area (Å²) in [5, 5.41) is 23.0. The van der Waals surface area contributed by atoms with Gasteiger partial charge in [-0.1, -0.05) is 17.7 Å². The van der Waals surface area contributed by atoms with Crippen LogP contribution in [0.4, 0.5) is 21.9 Å². The van der Waals surface area contributed by atoms with Crippen molar-refractivity contribution in [2.24, 2.45) is 0 Å². The van der Waals surface area contributed by atoms with Crippen LogP contribution in [0.25, 0.3) is 0 Å². The van der Waals surface area contributed by atoms with E-state index in [2.05, 4.69) is 5.32 Å². The molecule has 0 bridgehead atoms. The minimum absolute atomic E-state index is 0.0148. The number of amides is 3. The van der Waals surface area contributed by atoms with Crippen molar-refractivity contribution < 1.29 is 19.7 Å². The zero-order valence-electron chi connectivity index (χ0n) is 15.8. The van der Waals surface area contributed by atoms with Crippen molar-refractivity contribution in [2.75, 3.05) is 36.4 Å². The third-order valence-electron chi connectivity index (χ3n) is 4.75. The first-order valence-electron chi connectivity index (χ1n) is 8.99. The van der Waals surface area contributed by atoms with E-state index in [1.165, 1.54) is 17.6 Å². The van der Waals surface area contributed by atoms with Crippen LogP contribution in [0.3, 0.4) is 0 Å². The fraction of sp³-hybridized carbons (Fsp3) is 0.263. The Morgan fingerprint density at radius 3 is 2.31 bits per heavy atom. The lowest BCUT2D eigenvalue weighted by atomic mass is 10.1. The Bertz CT molecular complexity index is 923. The van der Waals surface area contributed by atoms with Crippen molar-refractivity contribution >= 4 is 29.0 Å². The van der Waals surface area contributed by atoms with Gasteiger partial charge >= 0.3 is 6.03 Å². The van der Waals surface area contributed by atoms with Gasteiger partial charge in [-0.15, -0.1) is 0 Å². The monoisotopic (exact) mass is 399 g/mol. The van der Waals surface area contributed by atoms with E-state index in [1.807, 2.05) is 31.2 Å². The third-order valence-corrected chi connectivity index (χ3v) is 4.75. The summed E-state index contributed by atoms with van der Waals surface area (Å²) in [4.78, 5) is 38.3. The molecule has 3 N–H and O–H groups in total. The quantitative estimate of drug-likeness (QED) is 0.411. The summed E-state index contributed by atoms with van der Waals surface area (Å²) < 4.78 is 0. The summed E-state index contributed by atoms with van der Waals surface area (Å²) in [6.07, 6.45) is 0. The molecule has 10 nitrogen and oxygen atoms in total. The number of rotatable bonds is 4. The number of aryl methyl sites for hydroxylation is 1. The fourth-order valence-electron chi connectivity index (χ4n) is 3.13. The Morgan fingerprint density at radius 1 is 1.07 bits per heavy atom. The molecule has 0 aliphatic carbocycles. The molecular weight excluding hydrogens is 378 g/mol. The number of urea groups is 1. The van der Waals surface area contributed by atoms with Crippen LogP contribution in [0.15, 0.2) is 42.5 Å². The van der Waals surface area contributed by atoms with Crippen LogP contribution in [0, 0.1) is 17.0 Å². The van der Waals surface area contributed by atoms with Gasteiger partial charge in [-0.05, 0) is 31.2 Å². The van der Waals surface area contributed by atoms with Crippen LogP contribution in [-0.4, -0.2) is 53.1 Å². The van der Waals surface area contributed by atoms with Crippen LogP contribution in [0.5, 0.6) is 0 Å². The largest absolute Gasteiger partial charge is 0.362 e. The third kappa shape index (κ3) is 4.61. The molecular formula is C19H21N5O5. The number of carbonyl (C=O) groups is 2. The summed E-state index contributed by atoms with van der Waals surface area (Å²) in [6, 6.07) is 11.3. The second-order valence-corrected chi connectivity index (χ2v) is 6.67. The van der Waals surface area contributed by atoms with Crippen LogP contribution in [0.2, 0.25) is 0 Å². The van der Waals surface area contributed by atoms with Gasteiger partial charge in [0, 0.05) is 43.5 Å². The van der Waals surface area contributed by atoms with Crippen LogP contribution in [0.1, 0.15) is 15.9 Å². The van der Waals surface area contributed by atoms with E-state index in [1.54, 1.807) is 9.80 Å². The Morgan fingerprint density at radius 2 is 1.72 bits per heavy atom. The summed E-state index contributed by atoms with van der Waals surface area (Å²) in [7, 11) is 0. The molecule has 0 spiro atoms. The van der Waals surface area contributed by atoms with Gasteiger partial charge < -0.3 is 15.1 Å². The number of nitro groups is 1. The number of hydrogen-bond acceptors (Lipinski definition) is 6. The molecule has 29 heavy (non-hydrogen) atoms. The molecule has 10 heteroatoms. The molecule has 0 atom stereocenters. The standard InChI is InChI=1S/C19H21N5O5/c1-13-2-5-15(6-3-13)20-19(26)23-10-8-22(9-11-23)16-7-4-14(18(25)21-27)12-17(16)24(28)29/h2-7,12,27H,8-11H2,1H3,(H,20,26)(H,21,25). The van der Waals surface area contributed by atoms with Gasteiger partial charge in [0.1, 0.15) is 5.69 Å². The molecule has 1 aliphatic rings. The molecule has 1 heterocycles. The lowest BCUT2D eigenvalue weighted by Gasteiger charge is -2.35. The van der Waals surface area contributed by atoms with Gasteiger partial charge in [0.25, 0.3) is 11.6 Å². The van der Waals surface area contributed by atoms with Crippen molar-refractivity contribution in [3.8, 4) is 0 Å². The second-order valence-electron chi connectivity index (χ2n) is 6.67. The lowest BCUT2D eigenvalue weighted by Crippen LogP contribution is -2.50. The normalized spacial score (nSPS) is 13.7. The number of nitrogens with zero attached hydrogens (tertiary/aromatic N) is 3. The van der Waals surface area contributed by atoms with Gasteiger partial charge in [-0.25, -0.2) is 10.3 Å². The summed E-state index contributed by atoms with van der Waals surface area (Å²) in [5.41, 5.74) is 3.38. The number of hydrogen-bond donors (Lipinski definition) is 3. The molecule has 3 rings (SSSR count). The number of benzene rings is 2. The Kier molecular flexibility index (Phi) is 5.93. The number of nitrogens with one attached hydrogen (secondary N) is 2. The average molecular weight is 399 g/mol. The highest BCUT2D eigenvalue weighted by Gasteiger charge is 2.26. The van der Waals surface area contributed by atoms with Crippen LogP contribution < -0.4 is 15.7 Å². The van der Waals surface area contributed by atoms with Crippen molar-refractivity contribution in [3.63, 3.8) is 0 Å². The number of nitro benzene ring substituents is 1. The summed E-state index contributed by atoms with van der Waals surface area (Å²) in [5.74, 6) is -0.822. The minimum Gasteiger partial charge on any atom is -0.362 e. The van der Waals surface area contributed by atoms with E-state index in [4.69, 9.17) is 5.21 Å². The molecule has 1 fully saturated rings. The molecule has 1 saturated heterocycles. The van der Waals surface area contributed by atoms with Crippen molar-refractivity contribution in [1.82, 2.24) is 10.4 Å². The maximum absolute atomic E-state index is 12.4. The van der Waals surface area contributed by atoms with Crippen molar-refractivity contribution in [1.29, 1.82) is 0 Å². The van der Waals surface area contributed by atoms with E-state index in [-0.39, 0.29) is 17.3 Å². The predicted octanol–water partition coefficient (Wildman–Crippen LogP) is 2.38. The Balaban J connectivity index is 1.67. The number of hydroxylamine groups is 1. The first-order valence-corrected chi connectivity index (χ1v) is 8.99.